The SMILES string of the molecule is Cn1ncc(-c2ccc3c(c2)c(/C=C/B2OC(C)(C)C(C)(C)O2)nn3C2CCCCO2)c1OCCN1CC[C@@H](Oc2cc(Br)ccc2I)C1=O. The van der Waals surface area contributed by atoms with Crippen LogP contribution in [0.5, 0.6) is 11.6 Å². The molecule has 2 atom stereocenters. The first kappa shape index (κ1) is 35.5. The summed E-state index contributed by atoms with van der Waals surface area (Å²) in [6.07, 6.45) is 6.86. The van der Waals surface area contributed by atoms with E-state index in [0.29, 0.717) is 37.7 Å². The van der Waals surface area contributed by atoms with Gasteiger partial charge in [0, 0.05) is 36.5 Å². The normalized spacial score (nSPS) is 21.9. The van der Waals surface area contributed by atoms with Gasteiger partial charge in [-0.1, -0.05) is 28.0 Å². The Kier molecular flexibility index (Phi) is 10.1. The molecule has 5 heterocycles. The lowest BCUT2D eigenvalue weighted by atomic mass is 9.89. The minimum atomic E-state index is -0.509. The van der Waals surface area contributed by atoms with Crippen molar-refractivity contribution in [3.63, 3.8) is 0 Å². The van der Waals surface area contributed by atoms with E-state index in [2.05, 4.69) is 61.8 Å². The summed E-state index contributed by atoms with van der Waals surface area (Å²) in [6, 6.07) is 12.1. The molecule has 0 aliphatic carbocycles. The summed E-state index contributed by atoms with van der Waals surface area (Å²) in [6.45, 7) is 10.3. The van der Waals surface area contributed by atoms with Gasteiger partial charge in [-0.3, -0.25) is 4.79 Å². The average molecular weight is 858 g/mol. The third kappa shape index (κ3) is 7.10. The maximum Gasteiger partial charge on any atom is 0.487 e. The number of carbonyl (C=O) groups is 1. The first-order chi connectivity index (χ1) is 23.9. The molecule has 3 fully saturated rings. The van der Waals surface area contributed by atoms with Crippen LogP contribution in [0.4, 0.5) is 0 Å². The van der Waals surface area contributed by atoms with Gasteiger partial charge in [0.05, 0.1) is 44.3 Å². The molecule has 2 aromatic heterocycles. The lowest BCUT2D eigenvalue weighted by Gasteiger charge is -2.32. The summed E-state index contributed by atoms with van der Waals surface area (Å²) >= 11 is 5.71. The number of carbonyl (C=O) groups excluding carboxylic acids is 1. The topological polar surface area (TPSA) is 102 Å². The van der Waals surface area contributed by atoms with Gasteiger partial charge in [-0.25, -0.2) is 9.36 Å². The zero-order valence-electron chi connectivity index (χ0n) is 29.0. The van der Waals surface area contributed by atoms with Crippen molar-refractivity contribution < 1.29 is 28.3 Å². The van der Waals surface area contributed by atoms with E-state index in [0.717, 1.165) is 61.6 Å². The number of benzene rings is 2. The predicted molar refractivity (Wildman–Crippen MR) is 204 cm³/mol. The monoisotopic (exact) mass is 857 g/mol. The van der Waals surface area contributed by atoms with E-state index in [1.165, 1.54) is 0 Å². The first-order valence-electron chi connectivity index (χ1n) is 17.1. The molecule has 7 rings (SSSR count). The summed E-state index contributed by atoms with van der Waals surface area (Å²) in [5.41, 5.74) is 2.74. The van der Waals surface area contributed by atoms with Crippen LogP contribution in [0.3, 0.4) is 0 Å². The number of ether oxygens (including phenoxy) is 3. The summed E-state index contributed by atoms with van der Waals surface area (Å²) in [5, 5.41) is 10.6. The van der Waals surface area contributed by atoms with Crippen molar-refractivity contribution in [1.29, 1.82) is 0 Å². The van der Waals surface area contributed by atoms with Crippen molar-refractivity contribution in [2.45, 2.75) is 76.9 Å². The van der Waals surface area contributed by atoms with Gasteiger partial charge >= 0.3 is 7.12 Å². The molecule has 0 saturated carbocycles. The van der Waals surface area contributed by atoms with Crippen molar-refractivity contribution >= 4 is 68.5 Å². The largest absolute Gasteiger partial charge is 0.487 e. The van der Waals surface area contributed by atoms with Crippen molar-refractivity contribution in [3.05, 3.63) is 62.3 Å². The van der Waals surface area contributed by atoms with Crippen LogP contribution in [-0.2, 0) is 25.9 Å². The minimum absolute atomic E-state index is 0.0277. The van der Waals surface area contributed by atoms with Crippen LogP contribution < -0.4 is 9.47 Å². The highest BCUT2D eigenvalue weighted by atomic mass is 127. The number of halogens is 2. The van der Waals surface area contributed by atoms with E-state index in [-0.39, 0.29) is 12.1 Å². The highest BCUT2D eigenvalue weighted by molar-refractivity contribution is 14.1. The Morgan fingerprint density at radius 2 is 1.90 bits per heavy atom. The smallest absolute Gasteiger partial charge is 0.479 e. The quantitative estimate of drug-likeness (QED) is 0.122. The predicted octanol–water partition coefficient (Wildman–Crippen LogP) is 7.21. The number of aryl methyl sites for hydroxylation is 1. The van der Waals surface area contributed by atoms with Gasteiger partial charge in [-0.05, 0) is 112 Å². The Hall–Kier alpha value is -2.92. The average Bonchev–Trinajstić information content (AvgIpc) is 3.80. The molecule has 0 bridgehead atoms. The molecular weight excluding hydrogens is 816 g/mol. The van der Waals surface area contributed by atoms with E-state index in [4.69, 9.17) is 28.6 Å². The number of amides is 1. The third-order valence-corrected chi connectivity index (χ3v) is 11.4. The number of aromatic nitrogens is 4. The summed E-state index contributed by atoms with van der Waals surface area (Å²) in [7, 11) is 1.38. The fraction of sp³-hybridized carbons (Fsp3) is 0.472. The molecule has 2 aromatic carbocycles. The maximum atomic E-state index is 13.2. The summed E-state index contributed by atoms with van der Waals surface area (Å²) in [4.78, 5) is 15.0. The molecule has 0 N–H and O–H groups in total. The van der Waals surface area contributed by atoms with Crippen molar-refractivity contribution in [3.8, 4) is 22.8 Å². The van der Waals surface area contributed by atoms with Gasteiger partial charge in [0.25, 0.3) is 5.91 Å². The van der Waals surface area contributed by atoms with E-state index < -0.39 is 24.4 Å². The Balaban J connectivity index is 1.09. The lowest BCUT2D eigenvalue weighted by Crippen LogP contribution is -2.41. The van der Waals surface area contributed by atoms with Gasteiger partial charge < -0.3 is 28.4 Å². The second-order valence-corrected chi connectivity index (χ2v) is 16.1. The van der Waals surface area contributed by atoms with Crippen molar-refractivity contribution in [1.82, 2.24) is 24.5 Å². The molecule has 0 radical (unpaired) electrons. The van der Waals surface area contributed by atoms with Crippen LogP contribution >= 0.6 is 38.5 Å². The molecule has 1 unspecified atom stereocenters. The van der Waals surface area contributed by atoms with Crippen LogP contribution in [0, 0.1) is 3.57 Å². The molecule has 3 saturated heterocycles. The van der Waals surface area contributed by atoms with E-state index in [9.17, 15) is 4.79 Å². The molecule has 3 aliphatic heterocycles. The second kappa shape index (κ2) is 14.2. The number of rotatable bonds is 10. The highest BCUT2D eigenvalue weighted by Gasteiger charge is 2.50. The van der Waals surface area contributed by atoms with Crippen LogP contribution in [0.1, 0.15) is 65.3 Å². The molecule has 14 heteroatoms. The third-order valence-electron chi connectivity index (χ3n) is 10.1. The molecule has 11 nitrogen and oxygen atoms in total. The molecular formula is C36H42BBrIN5O6. The van der Waals surface area contributed by atoms with Crippen LogP contribution in [-0.4, -0.2) is 81.1 Å². The maximum absolute atomic E-state index is 13.2. The van der Waals surface area contributed by atoms with E-state index in [1.807, 2.05) is 75.9 Å². The zero-order valence-corrected chi connectivity index (χ0v) is 32.8. The zero-order chi connectivity index (χ0) is 35.2. The Morgan fingerprint density at radius 3 is 2.66 bits per heavy atom. The standard InChI is InChI=1S/C36H42BBrIN5O6/c1-35(2)36(3,4)50-37(49-35)15-13-28-25-20-23(9-12-29(25)44(41-28)32-8-6-7-18-46-32)26-22-40-42(5)34(26)47-19-17-43-16-14-30(33(43)45)48-31-21-24(38)10-11-27(31)39/h9-13,15,20-22,30,32H,6-8,14,16-19H2,1-5H3/b15-13+/t30-,32?/m1/s1. The minimum Gasteiger partial charge on any atom is -0.479 e. The van der Waals surface area contributed by atoms with Crippen LogP contribution in [0.2, 0.25) is 0 Å². The number of hydrogen-bond acceptors (Lipinski definition) is 8. The molecule has 0 spiro atoms. The summed E-state index contributed by atoms with van der Waals surface area (Å²) in [5.74, 6) is 3.24. The van der Waals surface area contributed by atoms with Gasteiger partial charge in [0.2, 0.25) is 5.88 Å². The lowest BCUT2D eigenvalue weighted by molar-refractivity contribution is -0.133. The molecule has 3 aliphatic rings. The summed E-state index contributed by atoms with van der Waals surface area (Å²) < 4.78 is 36.6. The second-order valence-electron chi connectivity index (χ2n) is 14.0. The molecule has 1 amide bonds. The van der Waals surface area contributed by atoms with Gasteiger partial charge in [0.1, 0.15) is 12.4 Å². The van der Waals surface area contributed by atoms with Crippen molar-refractivity contribution in [2.24, 2.45) is 7.05 Å². The number of fused-ring (bicyclic) bond motifs is 1. The molecule has 50 heavy (non-hydrogen) atoms. The van der Waals surface area contributed by atoms with E-state index in [1.54, 1.807) is 9.58 Å². The molecule has 4 aromatic rings. The van der Waals surface area contributed by atoms with Crippen molar-refractivity contribution in [2.75, 3.05) is 26.3 Å². The number of nitrogens with zero attached hydrogens (tertiary/aromatic N) is 5. The number of hydrogen-bond donors (Lipinski definition) is 0. The fourth-order valence-electron chi connectivity index (χ4n) is 6.54. The highest BCUT2D eigenvalue weighted by Crippen LogP contribution is 2.38. The van der Waals surface area contributed by atoms with Gasteiger partial charge in [-0.15, -0.1) is 0 Å². The van der Waals surface area contributed by atoms with Gasteiger partial charge in [0.15, 0.2) is 12.3 Å². The van der Waals surface area contributed by atoms with Gasteiger partial charge in [-0.2, -0.15) is 10.2 Å². The van der Waals surface area contributed by atoms with Crippen LogP contribution in [0.15, 0.2) is 53.0 Å². The molecule has 264 valence electrons. The van der Waals surface area contributed by atoms with E-state index >= 15 is 0 Å². The Labute approximate surface area is 315 Å². The Bertz CT molecular complexity index is 1910. The number of likely N-dealkylation sites (tertiary alicyclic amines) is 1. The first-order valence-corrected chi connectivity index (χ1v) is 19.0. The fourth-order valence-corrected chi connectivity index (χ4v) is 7.34. The van der Waals surface area contributed by atoms with Crippen LogP contribution in [0.25, 0.3) is 28.1 Å². The Morgan fingerprint density at radius 1 is 1.10 bits per heavy atom.